The van der Waals surface area contributed by atoms with Crippen LogP contribution in [-0.2, 0) is 13.1 Å². The molecule has 6 nitrogen and oxygen atoms in total. The molecule has 0 aliphatic heterocycles. The van der Waals surface area contributed by atoms with Crippen LogP contribution < -0.4 is 10.1 Å². The lowest BCUT2D eigenvalue weighted by Crippen LogP contribution is -2.14. The van der Waals surface area contributed by atoms with Crippen molar-refractivity contribution in [2.24, 2.45) is 0 Å². The molecule has 18 heavy (non-hydrogen) atoms. The monoisotopic (exact) mass is 268 g/mol. The summed E-state index contributed by atoms with van der Waals surface area (Å²) in [6.45, 7) is 0.970. The summed E-state index contributed by atoms with van der Waals surface area (Å²) in [5, 5.41) is 20.0. The number of H-pyrrole nitrogens is 1. The lowest BCUT2D eigenvalue weighted by Gasteiger charge is -2.10. The van der Waals surface area contributed by atoms with Crippen LogP contribution in [0.25, 0.3) is 0 Å². The highest BCUT2D eigenvalue weighted by atomic mass is 35.5. The molecule has 96 valence electrons. The number of hydrogen-bond acceptors (Lipinski definition) is 5. The van der Waals surface area contributed by atoms with Crippen molar-refractivity contribution >= 4 is 11.6 Å². The first-order valence-corrected chi connectivity index (χ1v) is 5.69. The van der Waals surface area contributed by atoms with Crippen molar-refractivity contribution in [3.8, 4) is 11.5 Å². The summed E-state index contributed by atoms with van der Waals surface area (Å²) in [4.78, 5) is 3.98. The first-order valence-electron chi connectivity index (χ1n) is 5.31. The number of aromatic nitrogens is 3. The fourth-order valence-electron chi connectivity index (χ4n) is 1.55. The van der Waals surface area contributed by atoms with E-state index in [1.165, 1.54) is 13.4 Å². The molecule has 0 fully saturated rings. The van der Waals surface area contributed by atoms with Crippen LogP contribution in [0.2, 0.25) is 5.02 Å². The lowest BCUT2D eigenvalue weighted by molar-refractivity contribution is 0.369. The van der Waals surface area contributed by atoms with Gasteiger partial charge in [0.1, 0.15) is 12.2 Å². The summed E-state index contributed by atoms with van der Waals surface area (Å²) in [7, 11) is 1.48. The van der Waals surface area contributed by atoms with E-state index in [9.17, 15) is 5.11 Å². The minimum atomic E-state index is 0.0898. The molecule has 2 aromatic rings. The number of nitrogens with zero attached hydrogens (tertiary/aromatic N) is 2. The summed E-state index contributed by atoms with van der Waals surface area (Å²) in [5.74, 6) is 1.18. The number of ether oxygens (including phenoxy) is 1. The number of aromatic hydroxyl groups is 1. The van der Waals surface area contributed by atoms with E-state index in [1.54, 1.807) is 12.1 Å². The summed E-state index contributed by atoms with van der Waals surface area (Å²) in [6, 6.07) is 3.25. The second-order valence-corrected chi connectivity index (χ2v) is 4.09. The molecule has 1 heterocycles. The highest BCUT2D eigenvalue weighted by molar-refractivity contribution is 6.30. The normalized spacial score (nSPS) is 10.6. The maximum absolute atomic E-state index is 9.91. The van der Waals surface area contributed by atoms with E-state index in [2.05, 4.69) is 20.5 Å². The Labute approximate surface area is 109 Å². The molecule has 0 aliphatic carbocycles. The van der Waals surface area contributed by atoms with Gasteiger partial charge in [-0.25, -0.2) is 4.98 Å². The number of hydrogen-bond donors (Lipinski definition) is 3. The Kier molecular flexibility index (Phi) is 4.01. The van der Waals surface area contributed by atoms with E-state index in [4.69, 9.17) is 16.3 Å². The van der Waals surface area contributed by atoms with Gasteiger partial charge in [-0.1, -0.05) is 11.6 Å². The molecule has 1 aromatic carbocycles. The highest BCUT2D eigenvalue weighted by Gasteiger charge is 2.09. The second kappa shape index (κ2) is 5.70. The Hall–Kier alpha value is -1.79. The number of phenols is 1. The Morgan fingerprint density at radius 3 is 2.94 bits per heavy atom. The molecule has 0 saturated carbocycles. The third-order valence-corrected chi connectivity index (χ3v) is 2.63. The first kappa shape index (κ1) is 12.7. The van der Waals surface area contributed by atoms with Crippen LogP contribution in [0.15, 0.2) is 18.5 Å². The van der Waals surface area contributed by atoms with E-state index in [0.29, 0.717) is 29.4 Å². The molecular formula is C11H13ClN4O2. The maximum atomic E-state index is 9.91. The van der Waals surface area contributed by atoms with Crippen molar-refractivity contribution < 1.29 is 9.84 Å². The molecule has 0 aliphatic rings. The van der Waals surface area contributed by atoms with Crippen molar-refractivity contribution in [3.63, 3.8) is 0 Å². The van der Waals surface area contributed by atoms with Crippen molar-refractivity contribution in [2.75, 3.05) is 7.11 Å². The van der Waals surface area contributed by atoms with E-state index >= 15 is 0 Å². The average molecular weight is 269 g/mol. The largest absolute Gasteiger partial charge is 0.504 e. The number of methoxy groups -OCH3 is 1. The number of phenolic OH excluding ortho intramolecular Hbond substituents is 1. The Morgan fingerprint density at radius 1 is 1.44 bits per heavy atom. The van der Waals surface area contributed by atoms with Gasteiger partial charge in [0.05, 0.1) is 13.7 Å². The molecule has 0 spiro atoms. The van der Waals surface area contributed by atoms with Crippen molar-refractivity contribution in [1.82, 2.24) is 20.5 Å². The number of aromatic amines is 1. The molecule has 0 unspecified atom stereocenters. The minimum Gasteiger partial charge on any atom is -0.504 e. The van der Waals surface area contributed by atoms with E-state index in [0.717, 1.165) is 5.82 Å². The zero-order valence-electron chi connectivity index (χ0n) is 9.77. The topological polar surface area (TPSA) is 83.1 Å². The molecule has 1 aromatic heterocycles. The first-order chi connectivity index (χ1) is 8.70. The maximum Gasteiger partial charge on any atom is 0.162 e. The third kappa shape index (κ3) is 2.91. The second-order valence-electron chi connectivity index (χ2n) is 3.65. The molecule has 0 radical (unpaired) electrons. The van der Waals surface area contributed by atoms with Crippen molar-refractivity contribution in [2.45, 2.75) is 13.1 Å². The molecule has 3 N–H and O–H groups in total. The van der Waals surface area contributed by atoms with Crippen molar-refractivity contribution in [1.29, 1.82) is 0 Å². The minimum absolute atomic E-state index is 0.0898. The van der Waals surface area contributed by atoms with Gasteiger partial charge >= 0.3 is 0 Å². The Bertz CT molecular complexity index is 516. The number of halogens is 1. The van der Waals surface area contributed by atoms with Gasteiger partial charge in [0, 0.05) is 23.2 Å². The van der Waals surface area contributed by atoms with Crippen LogP contribution in [0.4, 0.5) is 0 Å². The molecule has 2 rings (SSSR count). The van der Waals surface area contributed by atoms with Crippen LogP contribution >= 0.6 is 11.6 Å². The molecule has 0 amide bonds. The summed E-state index contributed by atoms with van der Waals surface area (Å²) in [5.41, 5.74) is 0.666. The fourth-order valence-corrected chi connectivity index (χ4v) is 1.78. The number of rotatable bonds is 5. The zero-order valence-corrected chi connectivity index (χ0v) is 10.5. The van der Waals surface area contributed by atoms with Gasteiger partial charge in [-0.3, -0.25) is 5.10 Å². The quantitative estimate of drug-likeness (QED) is 0.765. The van der Waals surface area contributed by atoms with Crippen LogP contribution in [0.1, 0.15) is 11.4 Å². The summed E-state index contributed by atoms with van der Waals surface area (Å²) in [6.07, 6.45) is 1.44. The lowest BCUT2D eigenvalue weighted by atomic mass is 10.2. The Morgan fingerprint density at radius 2 is 2.28 bits per heavy atom. The number of nitrogens with one attached hydrogen (secondary N) is 2. The van der Waals surface area contributed by atoms with Crippen LogP contribution in [0, 0.1) is 0 Å². The third-order valence-electron chi connectivity index (χ3n) is 2.41. The van der Waals surface area contributed by atoms with Gasteiger partial charge in [0.15, 0.2) is 11.5 Å². The van der Waals surface area contributed by atoms with E-state index in [-0.39, 0.29) is 5.75 Å². The summed E-state index contributed by atoms with van der Waals surface area (Å²) >= 11 is 5.93. The van der Waals surface area contributed by atoms with E-state index in [1.807, 2.05) is 0 Å². The SMILES string of the molecule is COc1cc(Cl)cc(CNCc2ncn[nH]2)c1O. The summed E-state index contributed by atoms with van der Waals surface area (Å²) < 4.78 is 5.03. The molecule has 0 saturated heterocycles. The van der Waals surface area contributed by atoms with Crippen LogP contribution in [-0.4, -0.2) is 27.4 Å². The standard InChI is InChI=1S/C11H13ClN4O2/c1-18-9-3-8(12)2-7(11(9)17)4-13-5-10-14-6-15-16-10/h2-3,6,13,17H,4-5H2,1H3,(H,14,15,16). The predicted molar refractivity (Wildman–Crippen MR) is 66.6 cm³/mol. The predicted octanol–water partition coefficient (Wildman–Crippen LogP) is 1.46. The fraction of sp³-hybridized carbons (Fsp3) is 0.273. The molecule has 7 heteroatoms. The average Bonchev–Trinajstić information content (AvgIpc) is 2.86. The van der Waals surface area contributed by atoms with Gasteiger partial charge < -0.3 is 15.2 Å². The van der Waals surface area contributed by atoms with Gasteiger partial charge in [0.2, 0.25) is 0 Å². The van der Waals surface area contributed by atoms with Crippen LogP contribution in [0.5, 0.6) is 11.5 Å². The number of benzene rings is 1. The highest BCUT2D eigenvalue weighted by Crippen LogP contribution is 2.33. The van der Waals surface area contributed by atoms with E-state index < -0.39 is 0 Å². The Balaban J connectivity index is 2.02. The molecule has 0 bridgehead atoms. The smallest absolute Gasteiger partial charge is 0.162 e. The van der Waals surface area contributed by atoms with Gasteiger partial charge in [-0.05, 0) is 6.07 Å². The van der Waals surface area contributed by atoms with Gasteiger partial charge in [0.25, 0.3) is 0 Å². The van der Waals surface area contributed by atoms with Crippen molar-refractivity contribution in [3.05, 3.63) is 34.9 Å². The molecular weight excluding hydrogens is 256 g/mol. The van der Waals surface area contributed by atoms with Gasteiger partial charge in [-0.15, -0.1) is 0 Å². The molecule has 0 atom stereocenters. The van der Waals surface area contributed by atoms with Crippen LogP contribution in [0.3, 0.4) is 0 Å². The van der Waals surface area contributed by atoms with Gasteiger partial charge in [-0.2, -0.15) is 5.10 Å². The zero-order chi connectivity index (χ0) is 13.0.